The average Bonchev–Trinajstić information content (AvgIpc) is 2.63. The highest BCUT2D eigenvalue weighted by atomic mass is 19.1. The molecule has 5 nitrogen and oxygen atoms in total. The van der Waals surface area contributed by atoms with E-state index in [-0.39, 0.29) is 17.9 Å². The van der Waals surface area contributed by atoms with Crippen LogP contribution in [-0.4, -0.2) is 29.9 Å². The zero-order valence-electron chi connectivity index (χ0n) is 14.3. The second-order valence-corrected chi connectivity index (χ2v) is 6.34. The normalized spacial score (nSPS) is 14.3. The van der Waals surface area contributed by atoms with E-state index in [9.17, 15) is 9.18 Å². The van der Waals surface area contributed by atoms with Crippen molar-refractivity contribution in [2.24, 2.45) is 0 Å². The van der Waals surface area contributed by atoms with Crippen LogP contribution in [0.25, 0.3) is 22.1 Å². The van der Waals surface area contributed by atoms with Gasteiger partial charge in [0.25, 0.3) is 0 Å². The molecule has 0 amide bonds. The molecule has 0 bridgehead atoms. The number of rotatable bonds is 3. The van der Waals surface area contributed by atoms with Gasteiger partial charge in [-0.15, -0.1) is 0 Å². The molecule has 2 heterocycles. The van der Waals surface area contributed by atoms with Crippen molar-refractivity contribution < 1.29 is 18.7 Å². The maximum atomic E-state index is 13.2. The van der Waals surface area contributed by atoms with E-state index in [2.05, 4.69) is 0 Å². The zero-order chi connectivity index (χ0) is 18.3. The molecule has 0 saturated heterocycles. The summed E-state index contributed by atoms with van der Waals surface area (Å²) < 4.78 is 24.9. The number of hydrogen-bond acceptors (Lipinski definition) is 5. The van der Waals surface area contributed by atoms with Crippen LogP contribution in [0.3, 0.4) is 0 Å². The summed E-state index contributed by atoms with van der Waals surface area (Å²) in [5.74, 6) is 0.803. The Kier molecular flexibility index (Phi) is 4.22. The fraction of sp³-hybridized carbons (Fsp3) is 0.250. The summed E-state index contributed by atoms with van der Waals surface area (Å²) in [6, 6.07) is 9.27. The predicted molar refractivity (Wildman–Crippen MR) is 95.6 cm³/mol. The van der Waals surface area contributed by atoms with Gasteiger partial charge in [0, 0.05) is 13.1 Å². The van der Waals surface area contributed by atoms with Crippen LogP contribution in [0.4, 0.5) is 4.39 Å². The summed E-state index contributed by atoms with van der Waals surface area (Å²) in [5, 5.41) is 9.61. The van der Waals surface area contributed by atoms with Crippen LogP contribution in [0, 0.1) is 12.7 Å². The standard InChI is InChI=1S/C20H18FNO4/c1-12-18(13-2-4-14(21)5-3-13)19(24)15-6-7-17-16(20(15)26-12)10-22(8-9-23)11-25-17/h2-7,23H,8-11H2,1H3. The number of benzene rings is 2. The van der Waals surface area contributed by atoms with Crippen molar-refractivity contribution in [1.29, 1.82) is 0 Å². The van der Waals surface area contributed by atoms with Gasteiger partial charge in [-0.25, -0.2) is 4.39 Å². The number of aliphatic hydroxyl groups is 1. The van der Waals surface area contributed by atoms with Crippen LogP contribution in [0.1, 0.15) is 11.3 Å². The van der Waals surface area contributed by atoms with Crippen molar-refractivity contribution >= 4 is 11.0 Å². The van der Waals surface area contributed by atoms with Crippen LogP contribution in [0.5, 0.6) is 5.75 Å². The number of nitrogens with zero attached hydrogens (tertiary/aromatic N) is 1. The summed E-state index contributed by atoms with van der Waals surface area (Å²) >= 11 is 0. The topological polar surface area (TPSA) is 62.9 Å². The van der Waals surface area contributed by atoms with Crippen LogP contribution in [-0.2, 0) is 6.54 Å². The number of β-amino-alcohol motifs (C(OH)–C–C–N with tert-alkyl or cyclic N) is 1. The third kappa shape index (κ3) is 2.77. The SMILES string of the molecule is Cc1oc2c3c(ccc2c(=O)c1-c1ccc(F)cc1)OCN(CCO)C3. The Hall–Kier alpha value is -2.70. The highest BCUT2D eigenvalue weighted by Crippen LogP contribution is 2.33. The minimum atomic E-state index is -0.355. The Balaban J connectivity index is 1.90. The molecule has 2 aromatic carbocycles. The number of aliphatic hydroxyl groups excluding tert-OH is 1. The lowest BCUT2D eigenvalue weighted by molar-refractivity contribution is 0.0774. The Bertz CT molecular complexity index is 1030. The minimum Gasteiger partial charge on any atom is -0.478 e. The van der Waals surface area contributed by atoms with Crippen molar-refractivity contribution in [2.45, 2.75) is 13.5 Å². The second kappa shape index (κ2) is 6.55. The second-order valence-electron chi connectivity index (χ2n) is 6.34. The number of fused-ring (bicyclic) bond motifs is 3. The Labute approximate surface area is 149 Å². The first kappa shape index (κ1) is 16.8. The lowest BCUT2D eigenvalue weighted by atomic mass is 10.0. The van der Waals surface area contributed by atoms with Crippen LogP contribution >= 0.6 is 0 Å². The molecule has 1 aliphatic rings. The maximum absolute atomic E-state index is 13.2. The van der Waals surface area contributed by atoms with Gasteiger partial charge in [-0.1, -0.05) is 12.1 Å². The fourth-order valence-corrected chi connectivity index (χ4v) is 3.35. The molecule has 0 saturated carbocycles. The molecule has 0 atom stereocenters. The van der Waals surface area contributed by atoms with E-state index >= 15 is 0 Å². The van der Waals surface area contributed by atoms with Crippen molar-refractivity contribution in [2.75, 3.05) is 19.9 Å². The van der Waals surface area contributed by atoms with E-state index in [0.717, 1.165) is 5.56 Å². The molecule has 0 unspecified atom stereocenters. The molecular formula is C20H18FNO4. The average molecular weight is 355 g/mol. The summed E-state index contributed by atoms with van der Waals surface area (Å²) in [6.45, 7) is 3.16. The van der Waals surface area contributed by atoms with E-state index in [1.54, 1.807) is 31.2 Å². The summed E-state index contributed by atoms with van der Waals surface area (Å²) in [4.78, 5) is 15.0. The first-order chi connectivity index (χ1) is 12.6. The van der Waals surface area contributed by atoms with Gasteiger partial charge >= 0.3 is 0 Å². The fourth-order valence-electron chi connectivity index (χ4n) is 3.35. The maximum Gasteiger partial charge on any atom is 0.200 e. The van der Waals surface area contributed by atoms with Gasteiger partial charge in [0.1, 0.15) is 29.6 Å². The molecule has 0 radical (unpaired) electrons. The molecule has 1 N–H and O–H groups in total. The van der Waals surface area contributed by atoms with Gasteiger partial charge < -0.3 is 14.3 Å². The molecule has 0 fully saturated rings. The quantitative estimate of drug-likeness (QED) is 0.782. The van der Waals surface area contributed by atoms with E-state index in [1.165, 1.54) is 12.1 Å². The highest BCUT2D eigenvalue weighted by molar-refractivity contribution is 5.86. The van der Waals surface area contributed by atoms with Crippen molar-refractivity contribution in [1.82, 2.24) is 4.90 Å². The minimum absolute atomic E-state index is 0.0289. The molecule has 3 aromatic rings. The Morgan fingerprint density at radius 3 is 2.69 bits per heavy atom. The third-order valence-corrected chi connectivity index (χ3v) is 4.63. The van der Waals surface area contributed by atoms with Crippen LogP contribution < -0.4 is 10.2 Å². The Morgan fingerprint density at radius 2 is 1.96 bits per heavy atom. The molecule has 0 aliphatic carbocycles. The predicted octanol–water partition coefficient (Wildman–Crippen LogP) is 3.05. The summed E-state index contributed by atoms with van der Waals surface area (Å²) in [5.41, 5.74) is 2.20. The zero-order valence-corrected chi connectivity index (χ0v) is 14.3. The molecule has 1 aromatic heterocycles. The van der Waals surface area contributed by atoms with E-state index in [1.807, 2.05) is 4.90 Å². The molecule has 0 spiro atoms. The van der Waals surface area contributed by atoms with Crippen molar-refractivity contribution in [3.63, 3.8) is 0 Å². The molecular weight excluding hydrogens is 337 g/mol. The van der Waals surface area contributed by atoms with E-state index in [0.29, 0.717) is 53.4 Å². The molecule has 1 aliphatic heterocycles. The number of halogens is 1. The van der Waals surface area contributed by atoms with Gasteiger partial charge in [-0.05, 0) is 36.8 Å². The van der Waals surface area contributed by atoms with Crippen LogP contribution in [0.15, 0.2) is 45.6 Å². The largest absolute Gasteiger partial charge is 0.478 e. The lowest BCUT2D eigenvalue weighted by Crippen LogP contribution is -2.34. The Morgan fingerprint density at radius 1 is 1.19 bits per heavy atom. The van der Waals surface area contributed by atoms with E-state index in [4.69, 9.17) is 14.3 Å². The van der Waals surface area contributed by atoms with Crippen molar-refractivity contribution in [3.8, 4) is 16.9 Å². The number of aryl methyl sites for hydroxylation is 1. The van der Waals surface area contributed by atoms with Gasteiger partial charge in [0.15, 0.2) is 0 Å². The first-order valence-electron chi connectivity index (χ1n) is 8.39. The van der Waals surface area contributed by atoms with Gasteiger partial charge in [0.2, 0.25) is 5.43 Å². The van der Waals surface area contributed by atoms with Crippen molar-refractivity contribution in [3.05, 3.63) is 63.8 Å². The molecule has 26 heavy (non-hydrogen) atoms. The lowest BCUT2D eigenvalue weighted by Gasteiger charge is -2.28. The van der Waals surface area contributed by atoms with Gasteiger partial charge in [-0.2, -0.15) is 0 Å². The van der Waals surface area contributed by atoms with Crippen LogP contribution in [0.2, 0.25) is 0 Å². The molecule has 4 rings (SSSR count). The monoisotopic (exact) mass is 355 g/mol. The highest BCUT2D eigenvalue weighted by Gasteiger charge is 2.23. The summed E-state index contributed by atoms with van der Waals surface area (Å²) in [7, 11) is 0. The van der Waals surface area contributed by atoms with Gasteiger partial charge in [0.05, 0.1) is 23.1 Å². The van der Waals surface area contributed by atoms with E-state index < -0.39 is 0 Å². The number of hydrogen-bond donors (Lipinski definition) is 1. The van der Waals surface area contributed by atoms with Gasteiger partial charge in [-0.3, -0.25) is 9.69 Å². The third-order valence-electron chi connectivity index (χ3n) is 4.63. The smallest absolute Gasteiger partial charge is 0.200 e. The first-order valence-corrected chi connectivity index (χ1v) is 8.39. The number of ether oxygens (including phenoxy) is 1. The molecule has 6 heteroatoms. The molecule has 134 valence electrons. The summed E-state index contributed by atoms with van der Waals surface area (Å²) in [6.07, 6.45) is 0.